The Morgan fingerprint density at radius 1 is 1.32 bits per heavy atom. The summed E-state index contributed by atoms with van der Waals surface area (Å²) in [6.07, 6.45) is 4.56. The van der Waals surface area contributed by atoms with E-state index in [0.29, 0.717) is 0 Å². The molecule has 3 unspecified atom stereocenters. The van der Waals surface area contributed by atoms with E-state index in [2.05, 4.69) is 42.7 Å². The van der Waals surface area contributed by atoms with E-state index < -0.39 is 0 Å². The largest absolute Gasteiger partial charge is 0.338 e. The van der Waals surface area contributed by atoms with Gasteiger partial charge in [-0.05, 0) is 31.6 Å². The average molecular weight is 265 g/mol. The quantitative estimate of drug-likeness (QED) is 0.817. The van der Waals surface area contributed by atoms with E-state index in [1.807, 2.05) is 0 Å². The molecule has 2 rings (SSSR count). The second-order valence-corrected chi connectivity index (χ2v) is 6.23. The lowest BCUT2D eigenvalue weighted by Crippen LogP contribution is -2.40. The highest BCUT2D eigenvalue weighted by Gasteiger charge is 2.28. The Morgan fingerprint density at radius 3 is 2.63 bits per heavy atom. The fourth-order valence-corrected chi connectivity index (χ4v) is 3.06. The Kier molecular flexibility index (Phi) is 4.97. The van der Waals surface area contributed by atoms with E-state index in [4.69, 9.17) is 4.52 Å². The summed E-state index contributed by atoms with van der Waals surface area (Å²) in [7, 11) is 0. The first-order valence-electron chi connectivity index (χ1n) is 7.66. The van der Waals surface area contributed by atoms with Gasteiger partial charge in [0.1, 0.15) is 0 Å². The first kappa shape index (κ1) is 14.5. The predicted molar refractivity (Wildman–Crippen MR) is 75.8 cm³/mol. The summed E-state index contributed by atoms with van der Waals surface area (Å²) in [5, 5.41) is 4.09. The van der Waals surface area contributed by atoms with Crippen molar-refractivity contribution < 1.29 is 4.52 Å². The molecule has 2 heterocycles. The normalized spacial score (nSPS) is 26.5. The number of aryl methyl sites for hydroxylation is 1. The second-order valence-electron chi connectivity index (χ2n) is 6.23. The van der Waals surface area contributed by atoms with Gasteiger partial charge in [-0.1, -0.05) is 32.3 Å². The van der Waals surface area contributed by atoms with Gasteiger partial charge in [0, 0.05) is 19.5 Å². The van der Waals surface area contributed by atoms with Crippen molar-refractivity contribution in [2.75, 3.05) is 13.1 Å². The molecule has 0 N–H and O–H groups in total. The zero-order valence-electron chi connectivity index (χ0n) is 12.7. The van der Waals surface area contributed by atoms with Crippen LogP contribution in [0.1, 0.15) is 64.7 Å². The summed E-state index contributed by atoms with van der Waals surface area (Å²) in [5.74, 6) is 3.16. The summed E-state index contributed by atoms with van der Waals surface area (Å²) in [6, 6.07) is 0.244. The lowest BCUT2D eigenvalue weighted by molar-refractivity contribution is 0.0866. The third-order valence-electron chi connectivity index (χ3n) is 4.04. The summed E-state index contributed by atoms with van der Waals surface area (Å²) >= 11 is 0. The van der Waals surface area contributed by atoms with Gasteiger partial charge in [-0.25, -0.2) is 0 Å². The van der Waals surface area contributed by atoms with E-state index in [-0.39, 0.29) is 6.04 Å². The standard InChI is InChI=1S/C15H27N3O/c1-5-6-7-14-16-15(19-17-14)13(4)18-9-11(2)8-12(3)10-18/h11-13H,5-10H2,1-4H3. The minimum absolute atomic E-state index is 0.244. The van der Waals surface area contributed by atoms with Gasteiger partial charge in [-0.3, -0.25) is 4.90 Å². The SMILES string of the molecule is CCCCc1noc(C(C)N2CC(C)CC(C)C2)n1. The molecule has 1 aliphatic heterocycles. The second kappa shape index (κ2) is 6.51. The molecule has 4 nitrogen and oxygen atoms in total. The molecular formula is C15H27N3O. The van der Waals surface area contributed by atoms with Gasteiger partial charge in [0.2, 0.25) is 5.89 Å². The van der Waals surface area contributed by atoms with Gasteiger partial charge in [-0.2, -0.15) is 4.98 Å². The minimum Gasteiger partial charge on any atom is -0.338 e. The molecule has 4 heteroatoms. The highest BCUT2D eigenvalue weighted by molar-refractivity contribution is 4.94. The third kappa shape index (κ3) is 3.78. The van der Waals surface area contributed by atoms with Crippen LogP contribution in [0, 0.1) is 11.8 Å². The number of likely N-dealkylation sites (tertiary alicyclic amines) is 1. The Bertz CT molecular complexity index is 380. The molecule has 3 atom stereocenters. The number of piperidine rings is 1. The van der Waals surface area contributed by atoms with E-state index in [1.54, 1.807) is 0 Å². The Labute approximate surface area is 116 Å². The van der Waals surface area contributed by atoms with Crippen molar-refractivity contribution in [2.24, 2.45) is 11.8 Å². The molecular weight excluding hydrogens is 238 g/mol. The van der Waals surface area contributed by atoms with E-state index in [0.717, 1.165) is 49.5 Å². The molecule has 1 aromatic heterocycles. The zero-order valence-corrected chi connectivity index (χ0v) is 12.7. The van der Waals surface area contributed by atoms with Crippen LogP contribution in [0.3, 0.4) is 0 Å². The smallest absolute Gasteiger partial charge is 0.243 e. The third-order valence-corrected chi connectivity index (χ3v) is 4.04. The van der Waals surface area contributed by atoms with Crippen LogP contribution in [0.4, 0.5) is 0 Å². The zero-order chi connectivity index (χ0) is 13.8. The topological polar surface area (TPSA) is 42.2 Å². The van der Waals surface area contributed by atoms with Crippen molar-refractivity contribution in [3.63, 3.8) is 0 Å². The maximum atomic E-state index is 5.44. The fraction of sp³-hybridized carbons (Fsp3) is 0.867. The first-order chi connectivity index (χ1) is 9.10. The number of unbranched alkanes of at least 4 members (excludes halogenated alkanes) is 1. The van der Waals surface area contributed by atoms with Crippen LogP contribution in [0.5, 0.6) is 0 Å². The molecule has 1 aliphatic rings. The van der Waals surface area contributed by atoms with Crippen molar-refractivity contribution in [3.8, 4) is 0 Å². The number of aromatic nitrogens is 2. The fourth-order valence-electron chi connectivity index (χ4n) is 3.06. The maximum Gasteiger partial charge on any atom is 0.243 e. The number of nitrogens with zero attached hydrogens (tertiary/aromatic N) is 3. The van der Waals surface area contributed by atoms with Crippen LogP contribution in [-0.4, -0.2) is 28.1 Å². The Balaban J connectivity index is 1.98. The van der Waals surface area contributed by atoms with E-state index >= 15 is 0 Å². The molecule has 108 valence electrons. The summed E-state index contributed by atoms with van der Waals surface area (Å²) < 4.78 is 5.44. The molecule has 1 aromatic rings. The molecule has 1 saturated heterocycles. The van der Waals surface area contributed by atoms with Gasteiger partial charge in [0.05, 0.1) is 6.04 Å². The summed E-state index contributed by atoms with van der Waals surface area (Å²) in [4.78, 5) is 7.04. The first-order valence-corrected chi connectivity index (χ1v) is 7.66. The molecule has 0 radical (unpaired) electrons. The van der Waals surface area contributed by atoms with Crippen LogP contribution in [-0.2, 0) is 6.42 Å². The maximum absolute atomic E-state index is 5.44. The van der Waals surface area contributed by atoms with Crippen LogP contribution < -0.4 is 0 Å². The minimum atomic E-state index is 0.244. The summed E-state index contributed by atoms with van der Waals surface area (Å²) in [5.41, 5.74) is 0. The Morgan fingerprint density at radius 2 is 2.00 bits per heavy atom. The molecule has 0 amide bonds. The van der Waals surface area contributed by atoms with Crippen molar-refractivity contribution in [3.05, 3.63) is 11.7 Å². The van der Waals surface area contributed by atoms with E-state index in [9.17, 15) is 0 Å². The van der Waals surface area contributed by atoms with Gasteiger partial charge in [0.25, 0.3) is 0 Å². The lowest BCUT2D eigenvalue weighted by Gasteiger charge is -2.37. The average Bonchev–Trinajstić information content (AvgIpc) is 2.83. The van der Waals surface area contributed by atoms with Crippen LogP contribution in [0.15, 0.2) is 4.52 Å². The van der Waals surface area contributed by atoms with Gasteiger partial charge in [0.15, 0.2) is 5.82 Å². The highest BCUT2D eigenvalue weighted by Crippen LogP contribution is 2.28. The number of rotatable bonds is 5. The molecule has 0 saturated carbocycles. The van der Waals surface area contributed by atoms with Gasteiger partial charge in [-0.15, -0.1) is 0 Å². The Hall–Kier alpha value is -0.900. The van der Waals surface area contributed by atoms with Gasteiger partial charge < -0.3 is 4.52 Å². The van der Waals surface area contributed by atoms with Crippen molar-refractivity contribution >= 4 is 0 Å². The lowest BCUT2D eigenvalue weighted by atomic mass is 9.91. The van der Waals surface area contributed by atoms with E-state index in [1.165, 1.54) is 12.8 Å². The van der Waals surface area contributed by atoms with Crippen molar-refractivity contribution in [1.82, 2.24) is 15.0 Å². The monoisotopic (exact) mass is 265 g/mol. The highest BCUT2D eigenvalue weighted by atomic mass is 16.5. The van der Waals surface area contributed by atoms with Gasteiger partial charge >= 0.3 is 0 Å². The van der Waals surface area contributed by atoms with Crippen molar-refractivity contribution in [2.45, 2.75) is 59.4 Å². The molecule has 19 heavy (non-hydrogen) atoms. The van der Waals surface area contributed by atoms with Crippen molar-refractivity contribution in [1.29, 1.82) is 0 Å². The van der Waals surface area contributed by atoms with Crippen LogP contribution in [0.25, 0.3) is 0 Å². The molecule has 0 bridgehead atoms. The summed E-state index contributed by atoms with van der Waals surface area (Å²) in [6.45, 7) is 11.3. The number of hydrogen-bond acceptors (Lipinski definition) is 4. The molecule has 0 aliphatic carbocycles. The van der Waals surface area contributed by atoms with Crippen LogP contribution in [0.2, 0.25) is 0 Å². The number of hydrogen-bond donors (Lipinski definition) is 0. The molecule has 1 fully saturated rings. The molecule has 0 spiro atoms. The predicted octanol–water partition coefficient (Wildman–Crippen LogP) is 3.45. The van der Waals surface area contributed by atoms with Crippen LogP contribution >= 0.6 is 0 Å². The molecule has 0 aromatic carbocycles.